The first kappa shape index (κ1) is 17.3. The number of hydrogen-bond donors (Lipinski definition) is 2. The molecule has 0 fully saturated rings. The highest BCUT2D eigenvalue weighted by atomic mass is 16.6. The molecule has 9 nitrogen and oxygen atoms in total. The normalized spacial score (nSPS) is 12.2. The van der Waals surface area contributed by atoms with Gasteiger partial charge >= 0.3 is 12.0 Å². The highest BCUT2D eigenvalue weighted by Crippen LogP contribution is 2.30. The lowest BCUT2D eigenvalue weighted by Gasteiger charge is -2.18. The van der Waals surface area contributed by atoms with Crippen LogP contribution in [-0.2, 0) is 16.1 Å². The molecule has 1 aromatic carbocycles. The van der Waals surface area contributed by atoms with Crippen LogP contribution in [0.5, 0.6) is 11.5 Å². The maximum atomic E-state index is 12.0. The number of amides is 3. The second-order valence-corrected chi connectivity index (χ2v) is 5.24. The van der Waals surface area contributed by atoms with Crippen molar-refractivity contribution in [1.29, 1.82) is 0 Å². The Morgan fingerprint density at radius 3 is 2.65 bits per heavy atom. The minimum absolute atomic E-state index is 0.128. The number of benzene rings is 1. The molecular formula is C17H16N2O7. The van der Waals surface area contributed by atoms with Gasteiger partial charge in [-0.15, -0.1) is 0 Å². The van der Waals surface area contributed by atoms with Gasteiger partial charge in [0.25, 0.3) is 5.91 Å². The maximum Gasteiger partial charge on any atom is 0.338 e. The second kappa shape index (κ2) is 8.06. The van der Waals surface area contributed by atoms with Gasteiger partial charge in [-0.05, 0) is 30.3 Å². The first-order chi connectivity index (χ1) is 12.6. The minimum Gasteiger partial charge on any atom is -0.486 e. The number of furan rings is 1. The summed E-state index contributed by atoms with van der Waals surface area (Å²) in [5.41, 5.74) is 0.212. The molecule has 9 heteroatoms. The van der Waals surface area contributed by atoms with Gasteiger partial charge in [0.1, 0.15) is 19.0 Å². The predicted molar refractivity (Wildman–Crippen MR) is 86.8 cm³/mol. The Morgan fingerprint density at radius 2 is 1.88 bits per heavy atom. The Bertz CT molecular complexity index is 801. The summed E-state index contributed by atoms with van der Waals surface area (Å²) in [6, 6.07) is 7.21. The average molecular weight is 360 g/mol. The Kier molecular flexibility index (Phi) is 5.37. The van der Waals surface area contributed by atoms with Crippen LogP contribution < -0.4 is 20.1 Å². The first-order valence-electron chi connectivity index (χ1n) is 7.78. The molecule has 1 aromatic heterocycles. The van der Waals surface area contributed by atoms with Gasteiger partial charge in [-0.1, -0.05) is 0 Å². The molecule has 0 saturated heterocycles. The summed E-state index contributed by atoms with van der Waals surface area (Å²) < 4.78 is 20.7. The molecule has 136 valence electrons. The average Bonchev–Trinajstić information content (AvgIpc) is 3.17. The third-order valence-corrected chi connectivity index (χ3v) is 3.37. The molecule has 0 bridgehead atoms. The lowest BCUT2D eigenvalue weighted by atomic mass is 10.2. The van der Waals surface area contributed by atoms with Crippen LogP contribution >= 0.6 is 0 Å². The van der Waals surface area contributed by atoms with Gasteiger partial charge in [0.15, 0.2) is 18.1 Å². The number of fused-ring (bicyclic) bond motifs is 1. The van der Waals surface area contributed by atoms with Crippen LogP contribution in [-0.4, -0.2) is 37.7 Å². The van der Waals surface area contributed by atoms with E-state index in [9.17, 15) is 14.4 Å². The highest BCUT2D eigenvalue weighted by molar-refractivity contribution is 5.97. The van der Waals surface area contributed by atoms with Gasteiger partial charge in [-0.25, -0.2) is 9.59 Å². The van der Waals surface area contributed by atoms with Crippen LogP contribution in [0, 0.1) is 0 Å². The number of carbonyl (C=O) groups is 3. The molecule has 3 amide bonds. The molecule has 1 aliphatic rings. The van der Waals surface area contributed by atoms with Gasteiger partial charge < -0.3 is 23.9 Å². The molecule has 2 aromatic rings. The summed E-state index contributed by atoms with van der Waals surface area (Å²) in [7, 11) is 0. The van der Waals surface area contributed by atoms with Crippen molar-refractivity contribution < 1.29 is 33.0 Å². The third-order valence-electron chi connectivity index (χ3n) is 3.37. The minimum atomic E-state index is -0.757. The van der Waals surface area contributed by atoms with E-state index in [4.69, 9.17) is 18.6 Å². The van der Waals surface area contributed by atoms with E-state index >= 15 is 0 Å². The maximum absolute atomic E-state index is 12.0. The number of urea groups is 1. The summed E-state index contributed by atoms with van der Waals surface area (Å²) in [6.07, 6.45) is 1.47. The molecule has 2 N–H and O–H groups in total. The molecule has 0 aliphatic carbocycles. The second-order valence-electron chi connectivity index (χ2n) is 5.24. The van der Waals surface area contributed by atoms with Gasteiger partial charge in [-0.2, -0.15) is 0 Å². The molecule has 0 unspecified atom stereocenters. The monoisotopic (exact) mass is 360 g/mol. The number of hydrogen-bond acceptors (Lipinski definition) is 7. The van der Waals surface area contributed by atoms with Crippen molar-refractivity contribution in [3.8, 4) is 11.5 Å². The molecule has 3 rings (SSSR count). The van der Waals surface area contributed by atoms with E-state index in [0.717, 1.165) is 0 Å². The Labute approximate surface area is 148 Å². The summed E-state index contributed by atoms with van der Waals surface area (Å²) in [5, 5.41) is 4.48. The van der Waals surface area contributed by atoms with Crippen LogP contribution in [0.25, 0.3) is 0 Å². The van der Waals surface area contributed by atoms with Crippen molar-refractivity contribution in [3.63, 3.8) is 0 Å². The van der Waals surface area contributed by atoms with E-state index < -0.39 is 24.5 Å². The molecule has 0 spiro atoms. The summed E-state index contributed by atoms with van der Waals surface area (Å²) in [4.78, 5) is 35.2. The lowest BCUT2D eigenvalue weighted by molar-refractivity contribution is -0.123. The molecule has 1 aliphatic heterocycles. The van der Waals surface area contributed by atoms with Crippen LogP contribution in [0.2, 0.25) is 0 Å². The zero-order valence-electron chi connectivity index (χ0n) is 13.7. The summed E-state index contributed by atoms with van der Waals surface area (Å²) in [6.45, 7) is 0.366. The molecule has 26 heavy (non-hydrogen) atoms. The van der Waals surface area contributed by atoms with Crippen LogP contribution in [0.15, 0.2) is 41.0 Å². The van der Waals surface area contributed by atoms with Crippen molar-refractivity contribution in [1.82, 2.24) is 10.6 Å². The number of rotatable bonds is 5. The van der Waals surface area contributed by atoms with E-state index in [-0.39, 0.29) is 12.1 Å². The summed E-state index contributed by atoms with van der Waals surface area (Å²) in [5.74, 6) is 0.0461. The smallest absolute Gasteiger partial charge is 0.338 e. The predicted octanol–water partition coefficient (Wildman–Crippen LogP) is 1.23. The van der Waals surface area contributed by atoms with Gasteiger partial charge in [0.2, 0.25) is 0 Å². The summed E-state index contributed by atoms with van der Waals surface area (Å²) >= 11 is 0. The van der Waals surface area contributed by atoms with Gasteiger partial charge in [0.05, 0.1) is 18.4 Å². The standard InChI is InChI=1S/C17H16N2O7/c20-15(19-17(22)18-9-12-2-1-5-23-12)10-26-16(21)11-3-4-13-14(8-11)25-7-6-24-13/h1-5,8H,6-7,9-10H2,(H2,18,19,20,22). The zero-order chi connectivity index (χ0) is 18.4. The van der Waals surface area contributed by atoms with Crippen LogP contribution in [0.4, 0.5) is 4.79 Å². The molecular weight excluding hydrogens is 344 g/mol. The highest BCUT2D eigenvalue weighted by Gasteiger charge is 2.17. The number of esters is 1. The van der Waals surface area contributed by atoms with Crippen molar-refractivity contribution in [3.05, 3.63) is 47.9 Å². The number of imide groups is 1. The van der Waals surface area contributed by atoms with Crippen LogP contribution in [0.1, 0.15) is 16.1 Å². The molecule has 0 atom stereocenters. The molecule has 2 heterocycles. The Morgan fingerprint density at radius 1 is 1.08 bits per heavy atom. The fraction of sp³-hybridized carbons (Fsp3) is 0.235. The van der Waals surface area contributed by atoms with E-state index in [1.165, 1.54) is 18.4 Å². The fourth-order valence-corrected chi connectivity index (χ4v) is 2.17. The Hall–Kier alpha value is -3.49. The fourth-order valence-electron chi connectivity index (χ4n) is 2.17. The van der Waals surface area contributed by atoms with Crippen molar-refractivity contribution in [2.75, 3.05) is 19.8 Å². The van der Waals surface area contributed by atoms with Crippen LogP contribution in [0.3, 0.4) is 0 Å². The van der Waals surface area contributed by atoms with E-state index in [0.29, 0.717) is 30.5 Å². The number of carbonyl (C=O) groups excluding carboxylic acids is 3. The topological polar surface area (TPSA) is 116 Å². The van der Waals surface area contributed by atoms with Crippen molar-refractivity contribution in [2.24, 2.45) is 0 Å². The SMILES string of the molecule is O=C(COC(=O)c1ccc2c(c1)OCCO2)NC(=O)NCc1ccco1. The van der Waals surface area contributed by atoms with E-state index in [2.05, 4.69) is 5.32 Å². The van der Waals surface area contributed by atoms with Crippen molar-refractivity contribution in [2.45, 2.75) is 6.54 Å². The molecule has 0 radical (unpaired) electrons. The largest absolute Gasteiger partial charge is 0.486 e. The van der Waals surface area contributed by atoms with Gasteiger partial charge in [-0.3, -0.25) is 10.1 Å². The van der Waals surface area contributed by atoms with Gasteiger partial charge in [0, 0.05) is 0 Å². The van der Waals surface area contributed by atoms with E-state index in [1.807, 2.05) is 5.32 Å². The number of ether oxygens (including phenoxy) is 3. The molecule has 0 saturated carbocycles. The zero-order valence-corrected chi connectivity index (χ0v) is 13.7. The first-order valence-corrected chi connectivity index (χ1v) is 7.78. The lowest BCUT2D eigenvalue weighted by Crippen LogP contribution is -2.41. The Balaban J connectivity index is 1.43. The van der Waals surface area contributed by atoms with E-state index in [1.54, 1.807) is 18.2 Å². The number of nitrogens with one attached hydrogen (secondary N) is 2. The van der Waals surface area contributed by atoms with Crippen molar-refractivity contribution >= 4 is 17.9 Å². The quantitative estimate of drug-likeness (QED) is 0.771. The third kappa shape index (κ3) is 4.53.